The van der Waals surface area contributed by atoms with Crippen molar-refractivity contribution in [2.24, 2.45) is 70.0 Å². The third kappa shape index (κ3) is 13.1. The molecule has 1 unspecified atom stereocenters. The molecule has 0 bridgehead atoms. The summed E-state index contributed by atoms with van der Waals surface area (Å²) in [6, 6.07) is 0. The van der Waals surface area contributed by atoms with E-state index in [1.807, 2.05) is 24.6 Å². The van der Waals surface area contributed by atoms with E-state index >= 15 is 8.78 Å². The second-order valence-electron chi connectivity index (χ2n) is 23.9. The number of hydrogen-bond donors (Lipinski definition) is 4. The Morgan fingerprint density at radius 3 is 1.68 bits per heavy atom. The zero-order valence-electron chi connectivity index (χ0n) is 44.7. The molecular formula is C53H79BrF2K2N4O8S2. The minimum absolute atomic E-state index is 0. The molecule has 2 aromatic heterocycles. The molecule has 1 saturated heterocycles. The third-order valence-corrected chi connectivity index (χ3v) is 22.0. The van der Waals surface area contributed by atoms with Gasteiger partial charge >= 0.3 is 109 Å². The summed E-state index contributed by atoms with van der Waals surface area (Å²) in [6.45, 7) is 9.29. The first-order valence-corrected chi connectivity index (χ1v) is 29.2. The molecule has 5 N–H and O–H groups in total. The molecule has 11 rings (SSSR count). The second kappa shape index (κ2) is 25.7. The van der Waals surface area contributed by atoms with Gasteiger partial charge in [-0.15, -0.1) is 22.7 Å². The van der Waals surface area contributed by atoms with Crippen molar-refractivity contribution in [2.45, 2.75) is 185 Å². The number of hydrogen-bond acceptors (Lipinski definition) is 14. The Labute approximate surface area is 529 Å². The number of carbonyl (C=O) groups is 3. The first-order chi connectivity index (χ1) is 33.2. The van der Waals surface area contributed by atoms with Gasteiger partial charge in [0.2, 0.25) is 0 Å². The fraction of sp³-hybridized carbons (Fsp3) is 0.830. The van der Waals surface area contributed by atoms with Gasteiger partial charge in [-0.2, -0.15) is 0 Å². The number of Topliss-reactive ketones (excluding diaryl/α,β-unsaturated/α-hetero) is 2. The number of fused-ring (bicyclic) bond motifs is 10. The van der Waals surface area contributed by atoms with Crippen LogP contribution in [0.15, 0.2) is 23.2 Å². The van der Waals surface area contributed by atoms with E-state index in [-0.39, 0.29) is 151 Å². The van der Waals surface area contributed by atoms with Crippen molar-refractivity contribution >= 4 is 66.4 Å². The van der Waals surface area contributed by atoms with Crippen molar-refractivity contribution in [1.29, 1.82) is 0 Å². The fourth-order valence-corrected chi connectivity index (χ4v) is 18.1. The molecule has 17 atom stereocenters. The molecule has 8 aliphatic carbocycles. The van der Waals surface area contributed by atoms with E-state index in [9.17, 15) is 29.9 Å². The van der Waals surface area contributed by atoms with E-state index in [1.165, 1.54) is 22.7 Å². The Kier molecular flexibility index (Phi) is 22.3. The maximum absolute atomic E-state index is 16.4. The molecule has 0 amide bonds. The van der Waals surface area contributed by atoms with Gasteiger partial charge in [-0.05, 0) is 200 Å². The quantitative estimate of drug-likeness (QED) is 0.134. The van der Waals surface area contributed by atoms with Crippen molar-refractivity contribution in [1.82, 2.24) is 9.97 Å². The number of ether oxygens (including phenoxy) is 1. The van der Waals surface area contributed by atoms with E-state index in [0.29, 0.717) is 104 Å². The maximum atomic E-state index is 16.4. The standard InChI is InChI=1S/C24H35FN2O2S.C21H32BrFO2.C5H8O4.C3H4N2S.2K.H/c1-22(29)9-10-24(25)15(13-22)3-4-16-17-5-6-19(23(17,2)8-7-18(16)24)20(28)14-27-21-26-11-12-30-21;1-19(25)9-10-21(23)13(11-19)3-4-14-15-5-6-17(18(24)12-22)20(15,2)8-7-16(14)21;6-5(9-7)4-2-1-3-8-4;4-3-5-1-2-6-3;;;/h11-12,15-19,29H,3-10,13-14H2,1-2H3,(H,26,27);13-17,25H,3-12H2,1-2H3;4,7H,1-3H2;1-2H,(H2,4,5);;;/q;;;;2*+1;-1/p-1/t15-,16+,17+,18+,19-,22-,23+,24-;13-,14+,15+,16+,17-,19-,20+,21-;;;;;/m11...../s1. The average molecular weight is 1160 g/mol. The first kappa shape index (κ1) is 62.3. The van der Waals surface area contributed by atoms with Crippen molar-refractivity contribution < 1.29 is 152 Å². The summed E-state index contributed by atoms with van der Waals surface area (Å²) >= 11 is 6.33. The van der Waals surface area contributed by atoms with Gasteiger partial charge in [0.25, 0.3) is 0 Å². The second-order valence-corrected chi connectivity index (χ2v) is 26.3. The minimum Gasteiger partial charge on any atom is -1.00 e. The van der Waals surface area contributed by atoms with Gasteiger partial charge in [-0.3, -0.25) is 9.59 Å². The van der Waals surface area contributed by atoms with Crippen LogP contribution in [0.25, 0.3) is 0 Å². The molecule has 9 aliphatic rings. The van der Waals surface area contributed by atoms with Crippen molar-refractivity contribution in [2.75, 3.05) is 29.5 Å². The van der Waals surface area contributed by atoms with Gasteiger partial charge in [0, 0.05) is 41.6 Å². The predicted octanol–water partition coefficient (Wildman–Crippen LogP) is 4.13. The Balaban J connectivity index is 0.000000206. The van der Waals surface area contributed by atoms with E-state index in [2.05, 4.69) is 49.9 Å². The van der Waals surface area contributed by atoms with Crippen LogP contribution >= 0.6 is 38.6 Å². The van der Waals surface area contributed by atoms with Crippen LogP contribution in [-0.4, -0.2) is 84.8 Å². The van der Waals surface area contributed by atoms with E-state index in [4.69, 9.17) is 10.5 Å². The van der Waals surface area contributed by atoms with Crippen LogP contribution in [0.2, 0.25) is 0 Å². The summed E-state index contributed by atoms with van der Waals surface area (Å²) in [6.07, 6.45) is 19.6. The van der Waals surface area contributed by atoms with Crippen molar-refractivity contribution in [3.63, 3.8) is 0 Å². The third-order valence-electron chi connectivity index (χ3n) is 20.1. The fourth-order valence-electron chi connectivity index (χ4n) is 16.8. The van der Waals surface area contributed by atoms with Gasteiger partial charge in [0.1, 0.15) is 17.1 Å². The van der Waals surface area contributed by atoms with Crippen LogP contribution in [0, 0.1) is 70.0 Å². The van der Waals surface area contributed by atoms with Crippen LogP contribution in [0.5, 0.6) is 0 Å². The topological polar surface area (TPSA) is 197 Å². The van der Waals surface area contributed by atoms with Gasteiger partial charge in [0.05, 0.1) is 23.1 Å². The normalized spacial score (nSPS) is 43.1. The first-order valence-electron chi connectivity index (χ1n) is 26.4. The molecule has 8 saturated carbocycles. The number of aliphatic hydroxyl groups is 2. The van der Waals surface area contributed by atoms with E-state index in [1.54, 1.807) is 12.4 Å². The van der Waals surface area contributed by atoms with Crippen LogP contribution in [-0.2, 0) is 24.0 Å². The van der Waals surface area contributed by atoms with Crippen LogP contribution in [0.1, 0.15) is 158 Å². The van der Waals surface area contributed by atoms with Gasteiger partial charge in [-0.25, -0.2) is 23.5 Å². The van der Waals surface area contributed by atoms with Crippen LogP contribution in [0.3, 0.4) is 0 Å². The number of nitrogens with zero attached hydrogens (tertiary/aromatic N) is 2. The van der Waals surface area contributed by atoms with Crippen molar-refractivity contribution in [3.8, 4) is 0 Å². The Hall–Kier alpha value is 1.12. The van der Waals surface area contributed by atoms with Crippen molar-refractivity contribution in [3.05, 3.63) is 23.2 Å². The number of rotatable bonds is 7. The molecule has 2 aromatic rings. The molecule has 12 nitrogen and oxygen atoms in total. The maximum Gasteiger partial charge on any atom is 1.00 e. The molecule has 9 fully saturated rings. The molecule has 0 radical (unpaired) electrons. The largest absolute Gasteiger partial charge is 1.00 e. The number of aromatic nitrogens is 2. The summed E-state index contributed by atoms with van der Waals surface area (Å²) in [5.41, 5.74) is 1.69. The zero-order valence-corrected chi connectivity index (χ0v) is 53.2. The number of halogens is 3. The summed E-state index contributed by atoms with van der Waals surface area (Å²) < 4.78 is 37.5. The average Bonchev–Trinajstić information content (AvgIpc) is 4.20. The van der Waals surface area contributed by atoms with Crippen LogP contribution < -0.4 is 119 Å². The molecule has 1 aliphatic heterocycles. The molecule has 3 heterocycles. The number of alkyl halides is 3. The zero-order chi connectivity index (χ0) is 50.3. The van der Waals surface area contributed by atoms with Gasteiger partial charge in [0.15, 0.2) is 22.2 Å². The summed E-state index contributed by atoms with van der Waals surface area (Å²) in [7, 11) is 0. The number of nitrogens with one attached hydrogen (secondary N) is 1. The number of anilines is 2. The summed E-state index contributed by atoms with van der Waals surface area (Å²) in [4.78, 5) is 47.1. The van der Waals surface area contributed by atoms with Gasteiger partial charge < -0.3 is 37.6 Å². The number of carbonyl (C=O) groups excluding carboxylic acids is 3. The van der Waals surface area contributed by atoms with Gasteiger partial charge in [-0.1, -0.05) is 29.8 Å². The Morgan fingerprint density at radius 1 is 0.750 bits per heavy atom. The molecule has 0 aromatic carbocycles. The minimum atomic E-state index is -1.11. The van der Waals surface area contributed by atoms with E-state index in [0.717, 1.165) is 88.6 Å². The van der Waals surface area contributed by atoms with Crippen LogP contribution in [0.4, 0.5) is 19.0 Å². The monoisotopic (exact) mass is 1160 g/mol. The number of thiazole rings is 2. The summed E-state index contributed by atoms with van der Waals surface area (Å²) in [5, 5.41) is 39.3. The Morgan fingerprint density at radius 2 is 1.26 bits per heavy atom. The number of ketones is 2. The molecule has 0 spiro atoms. The number of nitrogens with two attached hydrogens (primary N) is 1. The number of nitrogen functional groups attached to an aromatic ring is 1. The molecule has 394 valence electrons. The SMILES string of the molecule is C[C@@]1(O)CC[C@@]2(F)[C@H](CC[C@H]3[C@@H]4CC[C@H](C(=O)CBr)[C@@]4(C)CC[C@@H]32)C1.C[C@@]1(O)CC[C@@]2(F)[C@H](CC[C@H]3[C@@H]4CC[C@H](C(=O)CNc5nccs5)[C@@]4(C)CC[C@@H]32)C1.Nc1nccs1.O=C(O[O-])C1CCCO1.[H-].[K+].[K+]. The molecule has 72 heavy (non-hydrogen) atoms. The smallest absolute Gasteiger partial charge is 1.00 e. The van der Waals surface area contributed by atoms with E-state index < -0.39 is 34.6 Å². The molecule has 19 heteroatoms. The predicted molar refractivity (Wildman–Crippen MR) is 270 cm³/mol. The summed E-state index contributed by atoms with van der Waals surface area (Å²) in [5.74, 6) is 2.21. The molecular weight excluding hydrogens is 1080 g/mol. The Bertz CT molecular complexity index is 2120.